The summed E-state index contributed by atoms with van der Waals surface area (Å²) in [7, 11) is 0. The van der Waals surface area contributed by atoms with Crippen LogP contribution in [-0.2, 0) is 6.42 Å². The summed E-state index contributed by atoms with van der Waals surface area (Å²) >= 11 is 1.70. The second-order valence-electron chi connectivity index (χ2n) is 9.83. The molecule has 0 saturated carbocycles. The number of thiazole rings is 1. The van der Waals surface area contributed by atoms with Crippen molar-refractivity contribution in [1.82, 2.24) is 15.2 Å². The molecule has 0 spiro atoms. The third-order valence-corrected chi connectivity index (χ3v) is 7.89. The van der Waals surface area contributed by atoms with E-state index in [0.29, 0.717) is 13.1 Å². The molecule has 7 heteroatoms. The topological polar surface area (TPSA) is 74.7 Å². The van der Waals surface area contributed by atoms with Gasteiger partial charge in [-0.1, -0.05) is 18.2 Å². The fraction of sp³-hybridized carbons (Fsp3) is 0.429. The van der Waals surface area contributed by atoms with E-state index in [1.165, 1.54) is 16.7 Å². The Labute approximate surface area is 211 Å². The van der Waals surface area contributed by atoms with Gasteiger partial charge in [-0.05, 0) is 86.9 Å². The summed E-state index contributed by atoms with van der Waals surface area (Å²) < 4.78 is 5.88. The largest absolute Gasteiger partial charge is 0.491 e. The third-order valence-electron chi connectivity index (χ3n) is 6.81. The molecule has 1 aromatic heterocycles. The summed E-state index contributed by atoms with van der Waals surface area (Å²) in [6.45, 7) is 7.26. The summed E-state index contributed by atoms with van der Waals surface area (Å²) in [5.74, 6) is 0.911. The van der Waals surface area contributed by atoms with Crippen LogP contribution in [0.5, 0.6) is 5.75 Å². The number of β-amino-alcohol motifs (C(OH)–C–C–N with tert-alkyl or cyclic N) is 1. The van der Waals surface area contributed by atoms with Crippen molar-refractivity contribution in [3.05, 3.63) is 59.3 Å². The summed E-state index contributed by atoms with van der Waals surface area (Å²) in [5, 5.41) is 14.1. The van der Waals surface area contributed by atoms with Crippen LogP contribution < -0.4 is 10.1 Å². The molecule has 184 valence electrons. The van der Waals surface area contributed by atoms with Crippen LogP contribution in [0.25, 0.3) is 21.0 Å². The monoisotopic (exact) mass is 491 g/mol. The first-order valence-corrected chi connectivity index (χ1v) is 13.3. The lowest BCUT2D eigenvalue weighted by Gasteiger charge is -2.31. The number of carbonyl (C=O) groups excluding carboxylic acids is 1. The van der Waals surface area contributed by atoms with E-state index in [9.17, 15) is 9.90 Å². The van der Waals surface area contributed by atoms with E-state index >= 15 is 0 Å². The van der Waals surface area contributed by atoms with Gasteiger partial charge in [0.2, 0.25) is 0 Å². The quantitative estimate of drug-likeness (QED) is 0.478. The first-order chi connectivity index (χ1) is 16.9. The number of aromatic nitrogens is 1. The minimum Gasteiger partial charge on any atom is -0.491 e. The molecule has 1 aliphatic carbocycles. The van der Waals surface area contributed by atoms with E-state index in [2.05, 4.69) is 42.6 Å². The Balaban J connectivity index is 1.34. The van der Waals surface area contributed by atoms with Crippen molar-refractivity contribution >= 4 is 17.4 Å². The Kier molecular flexibility index (Phi) is 6.80. The van der Waals surface area contributed by atoms with Crippen LogP contribution in [0.1, 0.15) is 55.8 Å². The fourth-order valence-electron chi connectivity index (χ4n) is 5.12. The molecule has 2 aliphatic rings. The van der Waals surface area contributed by atoms with Crippen molar-refractivity contribution in [3.8, 4) is 26.8 Å². The molecule has 2 aromatic carbocycles. The number of piperidine rings is 1. The predicted molar refractivity (Wildman–Crippen MR) is 140 cm³/mol. The Bertz CT molecular complexity index is 1220. The summed E-state index contributed by atoms with van der Waals surface area (Å²) in [6.07, 6.45) is 5.12. The van der Waals surface area contributed by atoms with Gasteiger partial charge in [0.05, 0.1) is 23.1 Å². The van der Waals surface area contributed by atoms with Crippen LogP contribution in [0.4, 0.5) is 4.79 Å². The zero-order valence-corrected chi connectivity index (χ0v) is 21.4. The lowest BCUT2D eigenvalue weighted by molar-refractivity contribution is 0.0833. The Morgan fingerprint density at radius 1 is 1.26 bits per heavy atom. The number of rotatable bonds is 5. The summed E-state index contributed by atoms with van der Waals surface area (Å²) in [4.78, 5) is 20.4. The van der Waals surface area contributed by atoms with Crippen molar-refractivity contribution in [3.63, 3.8) is 0 Å². The molecule has 3 aromatic rings. The lowest BCUT2D eigenvalue weighted by Crippen LogP contribution is -2.47. The van der Waals surface area contributed by atoms with Gasteiger partial charge in [0, 0.05) is 24.8 Å². The number of likely N-dealkylation sites (tertiary alicyclic amines) is 1. The molecule has 5 rings (SSSR count). The molecule has 2 atom stereocenters. The highest BCUT2D eigenvalue weighted by Gasteiger charge is 2.29. The maximum atomic E-state index is 12.8. The minimum atomic E-state index is -0.416. The van der Waals surface area contributed by atoms with E-state index in [1.807, 2.05) is 26.1 Å². The molecule has 0 bridgehead atoms. The van der Waals surface area contributed by atoms with Gasteiger partial charge in [-0.15, -0.1) is 11.3 Å². The van der Waals surface area contributed by atoms with Gasteiger partial charge in [-0.3, -0.25) is 0 Å². The van der Waals surface area contributed by atoms with Crippen LogP contribution >= 0.6 is 11.3 Å². The number of benzene rings is 2. The minimum absolute atomic E-state index is 0.0000578. The Morgan fingerprint density at radius 2 is 2.11 bits per heavy atom. The molecule has 2 heterocycles. The fourth-order valence-corrected chi connectivity index (χ4v) is 6.08. The molecule has 0 unspecified atom stereocenters. The van der Waals surface area contributed by atoms with E-state index < -0.39 is 6.10 Å². The van der Waals surface area contributed by atoms with Gasteiger partial charge in [-0.2, -0.15) is 0 Å². The van der Waals surface area contributed by atoms with Crippen molar-refractivity contribution in [2.24, 2.45) is 0 Å². The van der Waals surface area contributed by atoms with E-state index in [-0.39, 0.29) is 18.2 Å². The highest BCUT2D eigenvalue weighted by molar-refractivity contribution is 7.18. The average molecular weight is 492 g/mol. The first-order valence-electron chi connectivity index (χ1n) is 12.5. The van der Waals surface area contributed by atoms with Gasteiger partial charge in [0.1, 0.15) is 10.8 Å². The zero-order valence-electron chi connectivity index (χ0n) is 20.6. The number of aliphatic hydroxyl groups is 1. The molecule has 0 radical (unpaired) electrons. The highest BCUT2D eigenvalue weighted by atomic mass is 32.1. The number of ether oxygens (including phenoxy) is 1. The summed E-state index contributed by atoms with van der Waals surface area (Å²) in [6, 6.07) is 12.5. The number of nitrogens with one attached hydrogen (secondary N) is 1. The molecule has 1 aliphatic heterocycles. The molecule has 2 amide bonds. The number of aliphatic hydroxyl groups excluding tert-OH is 1. The number of carbonyl (C=O) groups is 1. The Hall–Kier alpha value is -2.90. The van der Waals surface area contributed by atoms with Crippen LogP contribution in [0, 0.1) is 6.92 Å². The van der Waals surface area contributed by atoms with Crippen LogP contribution in [0.3, 0.4) is 0 Å². The molecular weight excluding hydrogens is 458 g/mol. The van der Waals surface area contributed by atoms with E-state index in [4.69, 9.17) is 9.72 Å². The van der Waals surface area contributed by atoms with Crippen LogP contribution in [-0.4, -0.2) is 46.3 Å². The molecule has 6 nitrogen and oxygen atoms in total. The van der Waals surface area contributed by atoms with Crippen molar-refractivity contribution < 1.29 is 14.6 Å². The number of hydrogen-bond donors (Lipinski definition) is 2. The second-order valence-corrected chi connectivity index (χ2v) is 10.9. The van der Waals surface area contributed by atoms with Crippen LogP contribution in [0.15, 0.2) is 42.6 Å². The van der Waals surface area contributed by atoms with Gasteiger partial charge in [-0.25, -0.2) is 9.78 Å². The van der Waals surface area contributed by atoms with Crippen LogP contribution in [0.2, 0.25) is 0 Å². The standard InChI is InChI=1S/C28H33N3O3S/c1-17(2)34-25-12-9-19(14-18(25)3)27-29-15-26(35-27)23-8-4-7-22-21(23)10-11-24(22)30-28(33)31-13-5-6-20(32)16-31/h4,7-9,12,14-15,17,20,24,32H,5-6,10-11,13,16H2,1-3H3,(H,30,33)/t20-,24-/m0/s1. The molecule has 35 heavy (non-hydrogen) atoms. The average Bonchev–Trinajstić information content (AvgIpc) is 3.48. The maximum absolute atomic E-state index is 12.8. The number of fused-ring (bicyclic) bond motifs is 1. The highest BCUT2D eigenvalue weighted by Crippen LogP contribution is 2.41. The number of nitrogens with zero attached hydrogens (tertiary/aromatic N) is 2. The molecule has 1 fully saturated rings. The number of amides is 2. The zero-order chi connectivity index (χ0) is 24.5. The van der Waals surface area contributed by atoms with Gasteiger partial charge in [0.15, 0.2) is 0 Å². The van der Waals surface area contributed by atoms with Crippen molar-refractivity contribution in [1.29, 1.82) is 0 Å². The Morgan fingerprint density at radius 3 is 2.89 bits per heavy atom. The van der Waals surface area contributed by atoms with E-state index in [1.54, 1.807) is 16.2 Å². The van der Waals surface area contributed by atoms with Crippen molar-refractivity contribution in [2.75, 3.05) is 13.1 Å². The number of hydrogen-bond acceptors (Lipinski definition) is 5. The first kappa shape index (κ1) is 23.8. The van der Waals surface area contributed by atoms with Gasteiger partial charge >= 0.3 is 6.03 Å². The molecular formula is C28H33N3O3S. The number of aryl methyl sites for hydroxylation is 1. The summed E-state index contributed by atoms with van der Waals surface area (Å²) in [5.41, 5.74) is 5.88. The predicted octanol–water partition coefficient (Wildman–Crippen LogP) is 5.73. The van der Waals surface area contributed by atoms with Gasteiger partial charge < -0.3 is 20.1 Å². The second kappa shape index (κ2) is 9.99. The lowest BCUT2D eigenvalue weighted by atomic mass is 10.0. The normalized spacial score (nSPS) is 19.6. The van der Waals surface area contributed by atoms with Gasteiger partial charge in [0.25, 0.3) is 0 Å². The smallest absolute Gasteiger partial charge is 0.317 e. The van der Waals surface area contributed by atoms with Crippen molar-refractivity contribution in [2.45, 2.75) is 64.7 Å². The van der Waals surface area contributed by atoms with E-state index in [0.717, 1.165) is 52.4 Å². The number of urea groups is 1. The maximum Gasteiger partial charge on any atom is 0.317 e. The molecule has 1 saturated heterocycles. The molecule has 2 N–H and O–H groups in total. The third kappa shape index (κ3) is 5.07. The SMILES string of the molecule is Cc1cc(-c2ncc(-c3cccc4c3CC[C@@H]4NC(=O)N3CCC[C@H](O)C3)s2)ccc1OC(C)C.